The molecule has 180 valence electrons. The van der Waals surface area contributed by atoms with Gasteiger partial charge in [-0.2, -0.15) is 10.4 Å². The fraction of sp³-hybridized carbons (Fsp3) is 0.304. The van der Waals surface area contributed by atoms with Crippen LogP contribution < -0.4 is 10.2 Å². The molecule has 2 N–H and O–H groups in total. The smallest absolute Gasteiger partial charge is 0.318 e. The maximum Gasteiger partial charge on any atom is 0.318 e. The van der Waals surface area contributed by atoms with Crippen LogP contribution in [0.15, 0.2) is 36.7 Å². The van der Waals surface area contributed by atoms with Crippen molar-refractivity contribution >= 4 is 18.1 Å². The number of carbonyl (C=O) groups excluding carboxylic acids is 1. The Balaban J connectivity index is 1.43. The standard InChI is InChI=1S/C23H23F2N9O/c1-32-22(28-14-29-32)20-3-2-18(25)21(30-20)33-6-8-34(9-7-33)23(35)31-19(4-5-26)16-10-15(13-27)11-17(24)12-16/h2-3,5,10-12,14,19,26H,4,6-9H2,1H3,(H,31,35)/t19-/m0/s1. The van der Waals surface area contributed by atoms with Crippen LogP contribution in [0.1, 0.15) is 23.6 Å². The number of aromatic nitrogens is 4. The molecule has 2 amide bonds. The first kappa shape index (κ1) is 23.7. The summed E-state index contributed by atoms with van der Waals surface area (Å²) >= 11 is 0. The van der Waals surface area contributed by atoms with Crippen molar-refractivity contribution in [1.29, 1.82) is 10.7 Å². The van der Waals surface area contributed by atoms with Gasteiger partial charge in [0, 0.05) is 39.6 Å². The lowest BCUT2D eigenvalue weighted by atomic mass is 10.0. The van der Waals surface area contributed by atoms with Gasteiger partial charge in [-0.1, -0.05) is 0 Å². The molecule has 3 aromatic rings. The minimum absolute atomic E-state index is 0.135. The molecule has 0 unspecified atom stereocenters. The maximum atomic E-state index is 14.6. The number of halogens is 2. The first-order valence-electron chi connectivity index (χ1n) is 10.9. The van der Waals surface area contributed by atoms with Crippen LogP contribution in [0.3, 0.4) is 0 Å². The van der Waals surface area contributed by atoms with Crippen LogP contribution in [0.4, 0.5) is 19.4 Å². The number of aryl methyl sites for hydroxylation is 1. The first-order valence-corrected chi connectivity index (χ1v) is 10.9. The lowest BCUT2D eigenvalue weighted by molar-refractivity contribution is 0.190. The summed E-state index contributed by atoms with van der Waals surface area (Å²) in [4.78, 5) is 24.8. The van der Waals surface area contributed by atoms with Crippen LogP contribution >= 0.6 is 0 Å². The maximum absolute atomic E-state index is 14.6. The van der Waals surface area contributed by atoms with E-state index >= 15 is 0 Å². The quantitative estimate of drug-likeness (QED) is 0.524. The molecule has 0 bridgehead atoms. The number of anilines is 1. The van der Waals surface area contributed by atoms with Gasteiger partial charge in [0.15, 0.2) is 17.5 Å². The zero-order valence-corrected chi connectivity index (χ0v) is 18.9. The molecule has 3 heterocycles. The Morgan fingerprint density at radius 2 is 2.03 bits per heavy atom. The van der Waals surface area contributed by atoms with Crippen molar-refractivity contribution < 1.29 is 13.6 Å². The molecule has 1 atom stereocenters. The summed E-state index contributed by atoms with van der Waals surface area (Å²) in [6, 6.07) is 7.56. The molecule has 1 aliphatic rings. The number of urea groups is 1. The molecule has 35 heavy (non-hydrogen) atoms. The van der Waals surface area contributed by atoms with Crippen molar-refractivity contribution in [2.75, 3.05) is 31.1 Å². The largest absolute Gasteiger partial charge is 0.351 e. The summed E-state index contributed by atoms with van der Waals surface area (Å²) in [7, 11) is 1.72. The van der Waals surface area contributed by atoms with Crippen molar-refractivity contribution in [3.63, 3.8) is 0 Å². The van der Waals surface area contributed by atoms with Gasteiger partial charge >= 0.3 is 6.03 Å². The molecule has 10 nitrogen and oxygen atoms in total. The highest BCUT2D eigenvalue weighted by Gasteiger charge is 2.26. The van der Waals surface area contributed by atoms with Crippen molar-refractivity contribution in [3.05, 3.63) is 59.4 Å². The van der Waals surface area contributed by atoms with Gasteiger partial charge in [-0.3, -0.25) is 0 Å². The van der Waals surface area contributed by atoms with E-state index < -0.39 is 17.7 Å². The van der Waals surface area contributed by atoms with Gasteiger partial charge in [0.2, 0.25) is 0 Å². The Labute approximate surface area is 200 Å². The van der Waals surface area contributed by atoms with Crippen LogP contribution in [-0.2, 0) is 7.05 Å². The van der Waals surface area contributed by atoms with Crippen LogP contribution in [0.5, 0.6) is 0 Å². The average molecular weight is 479 g/mol. The highest BCUT2D eigenvalue weighted by molar-refractivity contribution is 5.76. The Hall–Kier alpha value is -4.40. The zero-order chi connectivity index (χ0) is 24.9. The van der Waals surface area contributed by atoms with Gasteiger partial charge in [-0.25, -0.2) is 28.2 Å². The summed E-state index contributed by atoms with van der Waals surface area (Å²) < 4.78 is 30.0. The van der Waals surface area contributed by atoms with Crippen molar-refractivity contribution in [3.8, 4) is 17.6 Å². The molecule has 0 spiro atoms. The number of hydrogen-bond acceptors (Lipinski definition) is 7. The molecule has 0 radical (unpaired) electrons. The summed E-state index contributed by atoms with van der Waals surface area (Å²) in [6.07, 6.45) is 2.66. The second kappa shape index (κ2) is 10.3. The predicted octanol–water partition coefficient (Wildman–Crippen LogP) is 2.64. The van der Waals surface area contributed by atoms with Gasteiger partial charge in [-0.05, 0) is 42.1 Å². The Bertz CT molecular complexity index is 1280. The molecule has 0 saturated carbocycles. The van der Waals surface area contributed by atoms with Gasteiger partial charge in [-0.15, -0.1) is 0 Å². The summed E-state index contributed by atoms with van der Waals surface area (Å²) in [5, 5.41) is 23.4. The number of hydrogen-bond donors (Lipinski definition) is 2. The Morgan fingerprint density at radius 3 is 2.69 bits per heavy atom. The molecular formula is C23H23F2N9O. The number of nitrogens with zero attached hydrogens (tertiary/aromatic N) is 7. The summed E-state index contributed by atoms with van der Waals surface area (Å²) in [5.74, 6) is -0.372. The molecule has 0 aliphatic carbocycles. The van der Waals surface area contributed by atoms with E-state index in [1.165, 1.54) is 24.5 Å². The van der Waals surface area contributed by atoms with E-state index in [2.05, 4.69) is 20.4 Å². The summed E-state index contributed by atoms with van der Waals surface area (Å²) in [5.41, 5.74) is 1.03. The van der Waals surface area contributed by atoms with Crippen molar-refractivity contribution in [1.82, 2.24) is 30.0 Å². The molecular weight excluding hydrogens is 456 g/mol. The highest BCUT2D eigenvalue weighted by Crippen LogP contribution is 2.24. The minimum Gasteiger partial charge on any atom is -0.351 e. The molecule has 1 aliphatic heterocycles. The van der Waals surface area contributed by atoms with E-state index in [-0.39, 0.29) is 23.8 Å². The highest BCUT2D eigenvalue weighted by atomic mass is 19.1. The minimum atomic E-state index is -0.664. The van der Waals surface area contributed by atoms with Gasteiger partial charge in [0.25, 0.3) is 0 Å². The lowest BCUT2D eigenvalue weighted by Crippen LogP contribution is -2.52. The third-order valence-corrected chi connectivity index (χ3v) is 5.74. The number of nitriles is 1. The van der Waals surface area contributed by atoms with Crippen LogP contribution in [0.2, 0.25) is 0 Å². The zero-order valence-electron chi connectivity index (χ0n) is 18.9. The molecule has 12 heteroatoms. The topological polar surface area (TPSA) is 127 Å². The molecule has 1 aromatic carbocycles. The Kier molecular flexibility index (Phi) is 6.96. The molecule has 1 fully saturated rings. The third kappa shape index (κ3) is 5.24. The average Bonchev–Trinajstić information content (AvgIpc) is 3.29. The molecule has 1 saturated heterocycles. The molecule has 2 aromatic heterocycles. The van der Waals surface area contributed by atoms with Crippen LogP contribution in [0, 0.1) is 28.4 Å². The van der Waals surface area contributed by atoms with E-state index in [0.717, 1.165) is 12.3 Å². The predicted molar refractivity (Wildman–Crippen MR) is 124 cm³/mol. The normalized spacial score (nSPS) is 14.3. The van der Waals surface area contributed by atoms with Gasteiger partial charge in [0.1, 0.15) is 17.8 Å². The number of benzene rings is 1. The van der Waals surface area contributed by atoms with Gasteiger partial charge < -0.3 is 20.5 Å². The fourth-order valence-corrected chi connectivity index (χ4v) is 3.94. The number of nitrogens with one attached hydrogen (secondary N) is 2. The van der Waals surface area contributed by atoms with Crippen LogP contribution in [0.25, 0.3) is 11.5 Å². The third-order valence-electron chi connectivity index (χ3n) is 5.74. The monoisotopic (exact) mass is 479 g/mol. The second-order valence-corrected chi connectivity index (χ2v) is 8.01. The van der Waals surface area contributed by atoms with E-state index in [1.54, 1.807) is 27.6 Å². The second-order valence-electron chi connectivity index (χ2n) is 8.01. The number of carbonyl (C=O) groups is 1. The van der Waals surface area contributed by atoms with E-state index in [0.29, 0.717) is 43.3 Å². The SMILES string of the molecule is Cn1ncnc1-c1ccc(F)c(N2CCN(C(=O)N[C@@H](CC=N)c3cc(F)cc(C#N)c3)CC2)n1. The van der Waals surface area contributed by atoms with Crippen molar-refractivity contribution in [2.45, 2.75) is 12.5 Å². The van der Waals surface area contributed by atoms with E-state index in [1.807, 2.05) is 6.07 Å². The summed E-state index contributed by atoms with van der Waals surface area (Å²) in [6.45, 7) is 1.33. The van der Waals surface area contributed by atoms with Gasteiger partial charge in [0.05, 0.1) is 17.7 Å². The lowest BCUT2D eigenvalue weighted by Gasteiger charge is -2.36. The number of pyridine rings is 1. The number of rotatable bonds is 6. The van der Waals surface area contributed by atoms with E-state index in [4.69, 9.17) is 10.7 Å². The van der Waals surface area contributed by atoms with E-state index in [9.17, 15) is 13.6 Å². The fourth-order valence-electron chi connectivity index (χ4n) is 3.94. The first-order chi connectivity index (χ1) is 16.9. The Morgan fingerprint density at radius 1 is 1.26 bits per heavy atom. The molecule has 4 rings (SSSR count). The van der Waals surface area contributed by atoms with Crippen LogP contribution in [-0.4, -0.2) is 63.1 Å². The number of piperazine rings is 1. The van der Waals surface area contributed by atoms with Crippen molar-refractivity contribution in [2.24, 2.45) is 7.05 Å². The number of amides is 2.